The molecule has 0 saturated heterocycles. The molecule has 3 aliphatic rings. The normalized spacial score (nSPS) is 25.9. The third-order valence-corrected chi connectivity index (χ3v) is 6.71. The molecule has 4 atom stereocenters. The van der Waals surface area contributed by atoms with Gasteiger partial charge in [0.2, 0.25) is 0 Å². The van der Waals surface area contributed by atoms with E-state index in [4.69, 9.17) is 9.47 Å². The minimum Gasteiger partial charge on any atom is -0.463 e. The minimum absolute atomic E-state index is 0.0158. The monoisotopic (exact) mass is 388 g/mol. The molecule has 0 N–H and O–H groups in total. The standard InChI is InChI=1S/C25H24O4/c1-3-28-24(26)22-18-13-19(23(22)25(27)29-4-2)21-17-12-8-6-10-15(17)14-9-5-7-11-16(14)20(18)21/h5-12,18-21H,3-4,13H2,1-2H3/t18-,19+,20+,21-. The second-order valence-corrected chi connectivity index (χ2v) is 7.94. The Hall–Kier alpha value is -2.88. The zero-order valence-electron chi connectivity index (χ0n) is 16.7. The molecule has 29 heavy (non-hydrogen) atoms. The van der Waals surface area contributed by atoms with Gasteiger partial charge in [-0.05, 0) is 66.2 Å². The van der Waals surface area contributed by atoms with Crippen LogP contribution in [0.5, 0.6) is 0 Å². The van der Waals surface area contributed by atoms with Crippen LogP contribution >= 0.6 is 0 Å². The molecule has 0 aliphatic heterocycles. The van der Waals surface area contributed by atoms with Crippen LogP contribution in [0.1, 0.15) is 43.2 Å². The van der Waals surface area contributed by atoms with Crippen LogP contribution in [0.4, 0.5) is 0 Å². The van der Waals surface area contributed by atoms with Crippen molar-refractivity contribution in [2.45, 2.75) is 32.1 Å². The molecule has 0 heterocycles. The number of fused-ring (bicyclic) bond motifs is 10. The van der Waals surface area contributed by atoms with Crippen molar-refractivity contribution in [3.63, 3.8) is 0 Å². The molecule has 0 aromatic heterocycles. The second kappa shape index (κ2) is 6.87. The first-order valence-electron chi connectivity index (χ1n) is 10.4. The van der Waals surface area contributed by atoms with E-state index >= 15 is 0 Å². The first kappa shape index (κ1) is 18.2. The molecule has 4 heteroatoms. The van der Waals surface area contributed by atoms with Crippen molar-refractivity contribution in [3.05, 3.63) is 70.8 Å². The first-order chi connectivity index (χ1) is 14.2. The average Bonchev–Trinajstić information content (AvgIpc) is 3.31. The van der Waals surface area contributed by atoms with E-state index in [0.717, 1.165) is 6.42 Å². The van der Waals surface area contributed by atoms with Crippen LogP contribution in [-0.4, -0.2) is 25.2 Å². The molecule has 4 nitrogen and oxygen atoms in total. The Morgan fingerprint density at radius 1 is 0.759 bits per heavy atom. The maximum atomic E-state index is 12.9. The predicted molar refractivity (Wildman–Crippen MR) is 109 cm³/mol. The van der Waals surface area contributed by atoms with Gasteiger partial charge < -0.3 is 9.47 Å². The van der Waals surface area contributed by atoms with Crippen molar-refractivity contribution in [1.29, 1.82) is 0 Å². The summed E-state index contributed by atoms with van der Waals surface area (Å²) >= 11 is 0. The fourth-order valence-corrected chi connectivity index (χ4v) is 5.89. The predicted octanol–water partition coefficient (Wildman–Crippen LogP) is 4.61. The Morgan fingerprint density at radius 3 is 1.59 bits per heavy atom. The van der Waals surface area contributed by atoms with Gasteiger partial charge in [0.15, 0.2) is 0 Å². The van der Waals surface area contributed by atoms with Gasteiger partial charge in [-0.15, -0.1) is 0 Å². The van der Waals surface area contributed by atoms with E-state index in [1.807, 2.05) is 0 Å². The molecule has 1 fully saturated rings. The molecule has 2 aromatic rings. The average molecular weight is 388 g/mol. The molecule has 0 amide bonds. The van der Waals surface area contributed by atoms with E-state index in [9.17, 15) is 9.59 Å². The highest BCUT2D eigenvalue weighted by atomic mass is 16.5. The van der Waals surface area contributed by atoms with Crippen LogP contribution in [0.2, 0.25) is 0 Å². The summed E-state index contributed by atoms with van der Waals surface area (Å²) in [6, 6.07) is 16.9. The van der Waals surface area contributed by atoms with Crippen molar-refractivity contribution in [2.75, 3.05) is 13.2 Å². The number of carbonyl (C=O) groups is 2. The molecule has 0 spiro atoms. The van der Waals surface area contributed by atoms with Gasteiger partial charge in [-0.3, -0.25) is 0 Å². The molecule has 5 rings (SSSR count). The van der Waals surface area contributed by atoms with Gasteiger partial charge >= 0.3 is 11.9 Å². The Morgan fingerprint density at radius 2 is 1.17 bits per heavy atom. The minimum atomic E-state index is -0.363. The largest absolute Gasteiger partial charge is 0.463 e. The number of rotatable bonds is 4. The lowest BCUT2D eigenvalue weighted by Gasteiger charge is -2.39. The Bertz CT molecular complexity index is 953. The lowest BCUT2D eigenvalue weighted by molar-refractivity contribution is -0.142. The van der Waals surface area contributed by atoms with Gasteiger partial charge in [-0.2, -0.15) is 0 Å². The molecule has 1 saturated carbocycles. The second-order valence-electron chi connectivity index (χ2n) is 7.94. The molecular formula is C25H24O4. The van der Waals surface area contributed by atoms with Gasteiger partial charge in [0.25, 0.3) is 0 Å². The van der Waals surface area contributed by atoms with E-state index < -0.39 is 0 Å². The van der Waals surface area contributed by atoms with E-state index in [1.54, 1.807) is 13.8 Å². The molecular weight excluding hydrogens is 364 g/mol. The molecule has 2 bridgehead atoms. The van der Waals surface area contributed by atoms with Gasteiger partial charge in [-0.25, -0.2) is 9.59 Å². The lowest BCUT2D eigenvalue weighted by Crippen LogP contribution is -2.31. The lowest BCUT2D eigenvalue weighted by atomic mass is 9.64. The van der Waals surface area contributed by atoms with Gasteiger partial charge in [0.1, 0.15) is 0 Å². The summed E-state index contributed by atoms with van der Waals surface area (Å²) in [6.45, 7) is 4.18. The Kier molecular flexibility index (Phi) is 4.30. The van der Waals surface area contributed by atoms with Crippen LogP contribution < -0.4 is 0 Å². The van der Waals surface area contributed by atoms with E-state index in [-0.39, 0.29) is 35.6 Å². The van der Waals surface area contributed by atoms with E-state index in [1.165, 1.54) is 22.3 Å². The summed E-state index contributed by atoms with van der Waals surface area (Å²) in [4.78, 5) is 25.8. The Balaban J connectivity index is 1.72. The van der Waals surface area contributed by atoms with Gasteiger partial charge in [0, 0.05) is 0 Å². The topological polar surface area (TPSA) is 52.6 Å². The number of esters is 2. The number of ether oxygens (including phenoxy) is 2. The fraction of sp³-hybridized carbons (Fsp3) is 0.360. The van der Waals surface area contributed by atoms with Crippen molar-refractivity contribution >= 4 is 11.9 Å². The van der Waals surface area contributed by atoms with E-state index in [2.05, 4.69) is 48.5 Å². The highest BCUT2D eigenvalue weighted by molar-refractivity contribution is 6.03. The van der Waals surface area contributed by atoms with Crippen molar-refractivity contribution in [3.8, 4) is 11.1 Å². The van der Waals surface area contributed by atoms with Crippen LogP contribution in [0.3, 0.4) is 0 Å². The zero-order valence-corrected chi connectivity index (χ0v) is 16.7. The maximum Gasteiger partial charge on any atom is 0.334 e. The number of hydrogen-bond acceptors (Lipinski definition) is 4. The highest BCUT2D eigenvalue weighted by Crippen LogP contribution is 2.66. The number of carbonyl (C=O) groups excluding carboxylic acids is 2. The van der Waals surface area contributed by atoms with Gasteiger partial charge in [0.05, 0.1) is 24.4 Å². The smallest absolute Gasteiger partial charge is 0.334 e. The summed E-state index contributed by atoms with van der Waals surface area (Å²) in [5, 5.41) is 0. The Labute approximate surface area is 170 Å². The summed E-state index contributed by atoms with van der Waals surface area (Å²) in [5.74, 6) is -0.390. The zero-order chi connectivity index (χ0) is 20.1. The summed E-state index contributed by atoms with van der Waals surface area (Å²) in [6.07, 6.45) is 0.792. The van der Waals surface area contributed by atoms with Crippen LogP contribution in [-0.2, 0) is 19.1 Å². The quantitative estimate of drug-likeness (QED) is 0.718. The van der Waals surface area contributed by atoms with Crippen molar-refractivity contribution in [2.24, 2.45) is 11.8 Å². The molecule has 3 aliphatic carbocycles. The summed E-state index contributed by atoms with van der Waals surface area (Å²) in [5.41, 5.74) is 6.11. The third-order valence-electron chi connectivity index (χ3n) is 6.71. The van der Waals surface area contributed by atoms with Crippen molar-refractivity contribution in [1.82, 2.24) is 0 Å². The first-order valence-corrected chi connectivity index (χ1v) is 10.4. The van der Waals surface area contributed by atoms with Crippen LogP contribution in [0, 0.1) is 11.8 Å². The number of benzene rings is 2. The van der Waals surface area contributed by atoms with Crippen molar-refractivity contribution < 1.29 is 19.1 Å². The fourth-order valence-electron chi connectivity index (χ4n) is 5.89. The van der Waals surface area contributed by atoms with Gasteiger partial charge in [-0.1, -0.05) is 48.5 Å². The maximum absolute atomic E-state index is 12.9. The summed E-state index contributed by atoms with van der Waals surface area (Å²) < 4.78 is 10.7. The number of hydrogen-bond donors (Lipinski definition) is 0. The van der Waals surface area contributed by atoms with E-state index in [0.29, 0.717) is 24.4 Å². The third kappa shape index (κ3) is 2.51. The molecule has 0 radical (unpaired) electrons. The SMILES string of the molecule is CCOC(=O)C1=C(C(=O)OCC)[C@@H]2C[C@H]1[C@H]1c3ccccc3-c3ccccc3[C@H]12. The van der Waals surface area contributed by atoms with Crippen LogP contribution in [0.15, 0.2) is 59.7 Å². The summed E-state index contributed by atoms with van der Waals surface area (Å²) in [7, 11) is 0. The highest BCUT2D eigenvalue weighted by Gasteiger charge is 2.58. The molecule has 2 aromatic carbocycles. The molecule has 148 valence electrons. The molecule has 0 unspecified atom stereocenters. The van der Waals surface area contributed by atoms with Crippen LogP contribution in [0.25, 0.3) is 11.1 Å².